The van der Waals surface area contributed by atoms with E-state index < -0.39 is 91.5 Å². The number of hydrogen-bond donors (Lipinski definition) is 4. The zero-order valence-corrected chi connectivity index (χ0v) is 72.1. The molecule has 5 unspecified atom stereocenters. The average Bonchev–Trinajstić information content (AvgIpc) is 0.903. The first-order chi connectivity index (χ1) is 54.2. The molecular weight excluding hydrogens is 1430 g/mol. The molecule has 0 spiro atoms. The third kappa shape index (κ3) is 86.4. The standard InChI is InChI=1S/C93H162O16P2/c1-4-7-10-13-16-19-22-25-27-29-31-33-35-37-39-40-41-42-43-44-45-46-48-50-51-53-55-57-59-62-64-67-70-73-76-79-91(96)103-82-88(94)83-105-110(99,100)106-84-89(95)85-107-111(101,102)108-87-90(109-93(98)81-78-75-72-69-66-61-24-21-18-15-12-9-6-3)86-104-92(97)80-77-74-71-68-65-63-60-58-56-54-52-49-47-38-36-34-32-30-28-26-23-20-17-14-11-8-5-2/h7,10,16-17,19-21,24-28,31-34,37-39,41-42,47,88-90,94-95H,4-6,8-9,11-15,18,22-23,29-30,35-36,40,43-46,48-87H2,1-3H3,(H,99,100)(H,101,102)/b10-7-,19-16-,20-17-,24-21-,27-25-,28-26-,33-31-,34-32-,39-37-,42-41-,47-38-. The molecule has 4 N–H and O–H groups in total. The van der Waals surface area contributed by atoms with E-state index in [1.165, 1.54) is 173 Å². The van der Waals surface area contributed by atoms with Crippen molar-refractivity contribution in [2.75, 3.05) is 39.6 Å². The Morgan fingerprint density at radius 1 is 0.261 bits per heavy atom. The van der Waals surface area contributed by atoms with E-state index in [-0.39, 0.29) is 19.3 Å². The fraction of sp³-hybridized carbons (Fsp3) is 0.731. The summed E-state index contributed by atoms with van der Waals surface area (Å²) < 4.78 is 61.3. The maximum atomic E-state index is 13.0. The first-order valence-electron chi connectivity index (χ1n) is 44.5. The summed E-state index contributed by atoms with van der Waals surface area (Å²) in [5, 5.41) is 20.7. The fourth-order valence-corrected chi connectivity index (χ4v) is 13.7. The minimum absolute atomic E-state index is 0.0939. The number of aliphatic hydroxyl groups is 2. The summed E-state index contributed by atoms with van der Waals surface area (Å²) in [7, 11) is -9.79. The zero-order valence-electron chi connectivity index (χ0n) is 70.4. The number of hydrogen-bond acceptors (Lipinski definition) is 14. The number of carbonyl (C=O) groups is 3. The van der Waals surface area contributed by atoms with Crippen LogP contribution < -0.4 is 0 Å². The molecule has 0 bridgehead atoms. The molecule has 0 aromatic rings. The van der Waals surface area contributed by atoms with Gasteiger partial charge in [0, 0.05) is 19.3 Å². The van der Waals surface area contributed by atoms with Gasteiger partial charge in [0.15, 0.2) is 6.10 Å². The van der Waals surface area contributed by atoms with Gasteiger partial charge in [0.25, 0.3) is 0 Å². The average molecular weight is 1600 g/mol. The van der Waals surface area contributed by atoms with Crippen LogP contribution in [0.15, 0.2) is 134 Å². The lowest BCUT2D eigenvalue weighted by Crippen LogP contribution is -2.30. The molecule has 0 saturated carbocycles. The Morgan fingerprint density at radius 2 is 0.477 bits per heavy atom. The molecule has 0 heterocycles. The van der Waals surface area contributed by atoms with Crippen LogP contribution in [0.4, 0.5) is 0 Å². The SMILES string of the molecule is CC/C=C\C/C=C\C/C=C\C/C=C\C/C=C\C/C=C\CCCCCCCCCCCCCCCCCCC(=O)OCC(O)COP(=O)(O)OCC(O)COP(=O)(O)OCC(COC(=O)CCCCCCCCCCCCC/C=C\C/C=C\C/C=C\C/C=C\CCCCC)OC(=O)CCCCCCC/C=C\CCCCCC. The van der Waals surface area contributed by atoms with Crippen LogP contribution in [0.2, 0.25) is 0 Å². The molecule has 0 amide bonds. The quantitative estimate of drug-likeness (QED) is 0.0146. The second-order valence-electron chi connectivity index (χ2n) is 29.7. The molecule has 0 aromatic heterocycles. The van der Waals surface area contributed by atoms with E-state index in [9.17, 15) is 43.5 Å². The number of aliphatic hydroxyl groups excluding tert-OH is 2. The van der Waals surface area contributed by atoms with Crippen molar-refractivity contribution < 1.29 is 75.8 Å². The number of ether oxygens (including phenoxy) is 3. The Morgan fingerprint density at radius 3 is 0.784 bits per heavy atom. The summed E-state index contributed by atoms with van der Waals surface area (Å²) in [4.78, 5) is 58.8. The van der Waals surface area contributed by atoms with Gasteiger partial charge in [-0.1, -0.05) is 353 Å². The van der Waals surface area contributed by atoms with Crippen molar-refractivity contribution in [1.82, 2.24) is 0 Å². The molecule has 0 saturated heterocycles. The molecule has 0 aliphatic rings. The van der Waals surface area contributed by atoms with Crippen LogP contribution in [0.5, 0.6) is 0 Å². The van der Waals surface area contributed by atoms with Crippen LogP contribution in [0, 0.1) is 0 Å². The van der Waals surface area contributed by atoms with Gasteiger partial charge < -0.3 is 34.2 Å². The van der Waals surface area contributed by atoms with Crippen molar-refractivity contribution in [2.45, 2.75) is 399 Å². The minimum atomic E-state index is -4.93. The zero-order chi connectivity index (χ0) is 80.8. The highest BCUT2D eigenvalue weighted by Gasteiger charge is 2.29. The summed E-state index contributed by atoms with van der Waals surface area (Å²) in [5.74, 6) is -1.58. The van der Waals surface area contributed by atoms with E-state index in [1.54, 1.807) is 0 Å². The Labute approximate surface area is 677 Å². The third-order valence-corrected chi connectivity index (χ3v) is 20.7. The molecular formula is C93H162O16P2. The van der Waals surface area contributed by atoms with Crippen molar-refractivity contribution in [3.05, 3.63) is 134 Å². The van der Waals surface area contributed by atoms with E-state index in [1.807, 2.05) is 0 Å². The highest BCUT2D eigenvalue weighted by molar-refractivity contribution is 7.47. The number of esters is 3. The smallest absolute Gasteiger partial charge is 0.463 e. The lowest BCUT2D eigenvalue weighted by Gasteiger charge is -2.21. The molecule has 0 rings (SSSR count). The van der Waals surface area contributed by atoms with Crippen LogP contribution in [0.25, 0.3) is 0 Å². The first-order valence-corrected chi connectivity index (χ1v) is 47.5. The third-order valence-electron chi connectivity index (χ3n) is 18.8. The lowest BCUT2D eigenvalue weighted by atomic mass is 10.0. The molecule has 0 radical (unpaired) electrons. The van der Waals surface area contributed by atoms with E-state index >= 15 is 0 Å². The summed E-state index contributed by atoms with van der Waals surface area (Å²) in [6, 6.07) is 0. The lowest BCUT2D eigenvalue weighted by molar-refractivity contribution is -0.161. The van der Waals surface area contributed by atoms with Crippen molar-refractivity contribution >= 4 is 33.6 Å². The second-order valence-corrected chi connectivity index (χ2v) is 32.6. The van der Waals surface area contributed by atoms with Crippen LogP contribution in [-0.2, 0) is 55.8 Å². The topological polar surface area (TPSA) is 231 Å². The van der Waals surface area contributed by atoms with Gasteiger partial charge in [-0.25, -0.2) is 9.13 Å². The van der Waals surface area contributed by atoms with Crippen molar-refractivity contribution in [3.63, 3.8) is 0 Å². The number of unbranched alkanes of at least 4 members (excludes halogenated alkanes) is 39. The van der Waals surface area contributed by atoms with E-state index in [0.717, 1.165) is 148 Å². The second kappa shape index (κ2) is 85.1. The molecule has 16 nitrogen and oxygen atoms in total. The normalized spacial score (nSPS) is 14.5. The Balaban J connectivity index is 4.39. The van der Waals surface area contributed by atoms with Gasteiger partial charge in [-0.05, 0) is 141 Å². The minimum Gasteiger partial charge on any atom is -0.463 e. The van der Waals surface area contributed by atoms with Gasteiger partial charge in [-0.15, -0.1) is 0 Å². The summed E-state index contributed by atoms with van der Waals surface area (Å²) in [6.07, 6.45) is 105. The molecule has 0 fully saturated rings. The van der Waals surface area contributed by atoms with Crippen molar-refractivity contribution in [2.24, 2.45) is 0 Å². The fourth-order valence-electron chi connectivity index (χ4n) is 12.1. The summed E-state index contributed by atoms with van der Waals surface area (Å²) >= 11 is 0. The van der Waals surface area contributed by atoms with Gasteiger partial charge in [0.1, 0.15) is 25.4 Å². The maximum Gasteiger partial charge on any atom is 0.472 e. The van der Waals surface area contributed by atoms with Crippen molar-refractivity contribution in [3.8, 4) is 0 Å². The number of phosphoric ester groups is 2. The van der Waals surface area contributed by atoms with Crippen LogP contribution in [-0.4, -0.2) is 95.9 Å². The van der Waals surface area contributed by atoms with Crippen LogP contribution in [0.3, 0.4) is 0 Å². The monoisotopic (exact) mass is 1600 g/mol. The summed E-state index contributed by atoms with van der Waals surface area (Å²) in [6.45, 7) is 2.55. The van der Waals surface area contributed by atoms with Gasteiger partial charge in [-0.2, -0.15) is 0 Å². The van der Waals surface area contributed by atoms with E-state index in [0.29, 0.717) is 19.3 Å². The molecule has 111 heavy (non-hydrogen) atoms. The number of rotatable bonds is 84. The highest BCUT2D eigenvalue weighted by Crippen LogP contribution is 2.45. The maximum absolute atomic E-state index is 13.0. The molecule has 5 atom stereocenters. The van der Waals surface area contributed by atoms with Gasteiger partial charge in [0.05, 0.1) is 26.4 Å². The van der Waals surface area contributed by atoms with E-state index in [2.05, 4.69) is 154 Å². The number of phosphoric acid groups is 2. The van der Waals surface area contributed by atoms with Crippen molar-refractivity contribution in [1.29, 1.82) is 0 Å². The predicted molar refractivity (Wildman–Crippen MR) is 463 cm³/mol. The molecule has 0 aliphatic heterocycles. The number of allylic oxidation sites excluding steroid dienone is 22. The molecule has 0 aliphatic carbocycles. The Hall–Kier alpha value is -4.31. The largest absolute Gasteiger partial charge is 0.472 e. The van der Waals surface area contributed by atoms with Gasteiger partial charge in [0.2, 0.25) is 0 Å². The summed E-state index contributed by atoms with van der Waals surface area (Å²) in [5.41, 5.74) is 0. The Bertz CT molecular complexity index is 2550. The van der Waals surface area contributed by atoms with E-state index in [4.69, 9.17) is 32.3 Å². The van der Waals surface area contributed by atoms with Crippen LogP contribution in [0.1, 0.15) is 380 Å². The number of carbonyl (C=O) groups excluding carboxylic acids is 3. The van der Waals surface area contributed by atoms with Gasteiger partial charge in [-0.3, -0.25) is 32.5 Å². The molecule has 18 heteroatoms. The first kappa shape index (κ1) is 107. The Kier molecular flexibility index (Phi) is 81.8. The molecule has 640 valence electrons. The highest BCUT2D eigenvalue weighted by atomic mass is 31.2. The van der Waals surface area contributed by atoms with Crippen LogP contribution >= 0.6 is 15.6 Å². The van der Waals surface area contributed by atoms with Gasteiger partial charge >= 0.3 is 33.6 Å². The predicted octanol–water partition coefficient (Wildman–Crippen LogP) is 27.0. The molecule has 0 aromatic carbocycles.